The lowest BCUT2D eigenvalue weighted by atomic mass is 10.1. The number of carbonyl (C=O) groups is 2. The third-order valence-electron chi connectivity index (χ3n) is 1.97. The number of nitrogens with zero attached hydrogens (tertiary/aromatic N) is 1. The number of aromatic carboxylic acids is 1. The fourth-order valence-corrected chi connectivity index (χ4v) is 1.31. The molecule has 1 aromatic heterocycles. The van der Waals surface area contributed by atoms with Crippen LogP contribution in [0.25, 0.3) is 0 Å². The molecule has 0 radical (unpaired) electrons. The molecule has 0 unspecified atom stereocenters. The largest absolute Gasteiger partial charge is 0.478 e. The van der Waals surface area contributed by atoms with Crippen molar-refractivity contribution in [1.82, 2.24) is 4.98 Å². The zero-order valence-electron chi connectivity index (χ0n) is 10.3. The normalized spacial score (nSPS) is 11.1. The molecule has 0 aliphatic heterocycles. The Labute approximate surface area is 99.4 Å². The van der Waals surface area contributed by atoms with Gasteiger partial charge in [-0.25, -0.2) is 14.6 Å². The smallest absolute Gasteiger partial charge is 0.358 e. The zero-order valence-corrected chi connectivity index (χ0v) is 10.3. The Morgan fingerprint density at radius 3 is 2.41 bits per heavy atom. The van der Waals surface area contributed by atoms with Crippen LogP contribution in [0, 0.1) is 6.92 Å². The number of carboxylic acid groups (broad SMARTS) is 1. The van der Waals surface area contributed by atoms with Gasteiger partial charge in [0.05, 0.1) is 5.56 Å². The van der Waals surface area contributed by atoms with Gasteiger partial charge in [0.15, 0.2) is 5.69 Å². The Bertz CT molecular complexity index is 460. The van der Waals surface area contributed by atoms with E-state index in [0.29, 0.717) is 5.56 Å². The third kappa shape index (κ3) is 3.27. The number of ether oxygens (including phenoxy) is 1. The Hall–Kier alpha value is -1.91. The minimum absolute atomic E-state index is 0.109. The first kappa shape index (κ1) is 13.2. The highest BCUT2D eigenvalue weighted by molar-refractivity contribution is 6.02. The van der Waals surface area contributed by atoms with Crippen LogP contribution in [0.4, 0.5) is 0 Å². The quantitative estimate of drug-likeness (QED) is 0.796. The van der Waals surface area contributed by atoms with Crippen molar-refractivity contribution in [2.75, 3.05) is 0 Å². The van der Waals surface area contributed by atoms with Crippen LogP contribution in [-0.4, -0.2) is 27.6 Å². The molecule has 0 amide bonds. The lowest BCUT2D eigenvalue weighted by Crippen LogP contribution is -2.26. The molecule has 0 aliphatic rings. The molecular weight excluding hydrogens is 222 g/mol. The van der Waals surface area contributed by atoms with E-state index < -0.39 is 17.5 Å². The van der Waals surface area contributed by atoms with Gasteiger partial charge < -0.3 is 9.84 Å². The van der Waals surface area contributed by atoms with Crippen molar-refractivity contribution in [2.45, 2.75) is 33.3 Å². The van der Waals surface area contributed by atoms with Crippen LogP contribution >= 0.6 is 0 Å². The van der Waals surface area contributed by atoms with Crippen LogP contribution in [0.15, 0.2) is 12.3 Å². The van der Waals surface area contributed by atoms with Gasteiger partial charge in [-0.3, -0.25) is 0 Å². The average Bonchev–Trinajstić information content (AvgIpc) is 2.13. The van der Waals surface area contributed by atoms with E-state index >= 15 is 0 Å². The van der Waals surface area contributed by atoms with E-state index in [1.165, 1.54) is 12.3 Å². The van der Waals surface area contributed by atoms with Crippen molar-refractivity contribution in [3.8, 4) is 0 Å². The molecule has 0 fully saturated rings. The van der Waals surface area contributed by atoms with Gasteiger partial charge in [-0.2, -0.15) is 0 Å². The molecule has 1 N–H and O–H groups in total. The molecule has 0 bridgehead atoms. The van der Waals surface area contributed by atoms with Gasteiger partial charge in [-0.05, 0) is 39.3 Å². The zero-order chi connectivity index (χ0) is 13.2. The SMILES string of the molecule is Cc1ccnc(C(=O)OC(C)(C)C)c1C(=O)O. The van der Waals surface area contributed by atoms with Crippen molar-refractivity contribution in [2.24, 2.45) is 0 Å². The molecule has 0 aliphatic carbocycles. The second-order valence-electron chi connectivity index (χ2n) is 4.66. The molecule has 1 rings (SSSR count). The average molecular weight is 237 g/mol. The van der Waals surface area contributed by atoms with E-state index in [4.69, 9.17) is 9.84 Å². The molecule has 5 nitrogen and oxygen atoms in total. The van der Waals surface area contributed by atoms with Crippen LogP contribution in [0.2, 0.25) is 0 Å². The lowest BCUT2D eigenvalue weighted by Gasteiger charge is -2.19. The summed E-state index contributed by atoms with van der Waals surface area (Å²) in [5.74, 6) is -1.91. The van der Waals surface area contributed by atoms with E-state index in [9.17, 15) is 9.59 Å². The molecule has 0 saturated heterocycles. The first-order valence-corrected chi connectivity index (χ1v) is 5.14. The first-order chi connectivity index (χ1) is 7.72. The summed E-state index contributed by atoms with van der Waals surface area (Å²) in [5, 5.41) is 9.05. The van der Waals surface area contributed by atoms with Crippen molar-refractivity contribution in [1.29, 1.82) is 0 Å². The highest BCUT2D eigenvalue weighted by Crippen LogP contribution is 2.16. The van der Waals surface area contributed by atoms with Crippen LogP contribution < -0.4 is 0 Å². The van der Waals surface area contributed by atoms with E-state index in [0.717, 1.165) is 0 Å². The standard InChI is InChI=1S/C12H15NO4/c1-7-5-6-13-9(8(7)10(14)15)11(16)17-12(2,3)4/h5-6H,1-4H3,(H,14,15). The fourth-order valence-electron chi connectivity index (χ4n) is 1.31. The van der Waals surface area contributed by atoms with E-state index in [1.807, 2.05) is 0 Å². The number of aryl methyl sites for hydroxylation is 1. The summed E-state index contributed by atoms with van der Waals surface area (Å²) in [6, 6.07) is 1.54. The van der Waals surface area contributed by atoms with Crippen molar-refractivity contribution in [3.05, 3.63) is 29.1 Å². The summed E-state index contributed by atoms with van der Waals surface area (Å²) in [6.45, 7) is 6.74. The fraction of sp³-hybridized carbons (Fsp3) is 0.417. The lowest BCUT2D eigenvalue weighted by molar-refractivity contribution is 0.00588. The van der Waals surface area contributed by atoms with Gasteiger partial charge in [0, 0.05) is 6.20 Å². The highest BCUT2D eigenvalue weighted by atomic mass is 16.6. The molecule has 1 aromatic rings. The van der Waals surface area contributed by atoms with Crippen LogP contribution in [0.3, 0.4) is 0 Å². The maximum Gasteiger partial charge on any atom is 0.358 e. The van der Waals surface area contributed by atoms with Crippen LogP contribution in [0.1, 0.15) is 47.2 Å². The van der Waals surface area contributed by atoms with E-state index in [-0.39, 0.29) is 11.3 Å². The number of rotatable bonds is 2. The minimum atomic E-state index is -1.18. The molecule has 0 saturated carbocycles. The van der Waals surface area contributed by atoms with Crippen molar-refractivity contribution >= 4 is 11.9 Å². The maximum absolute atomic E-state index is 11.8. The molecule has 0 spiro atoms. The number of hydrogen-bond acceptors (Lipinski definition) is 4. The van der Waals surface area contributed by atoms with Gasteiger partial charge in [-0.1, -0.05) is 0 Å². The summed E-state index contributed by atoms with van der Waals surface area (Å²) in [4.78, 5) is 26.6. The van der Waals surface area contributed by atoms with E-state index in [1.54, 1.807) is 27.7 Å². The van der Waals surface area contributed by atoms with Crippen molar-refractivity contribution in [3.63, 3.8) is 0 Å². The number of carbonyl (C=O) groups excluding carboxylic acids is 1. The second-order valence-corrected chi connectivity index (χ2v) is 4.66. The highest BCUT2D eigenvalue weighted by Gasteiger charge is 2.25. The molecule has 92 valence electrons. The van der Waals surface area contributed by atoms with Crippen LogP contribution in [-0.2, 0) is 4.74 Å². The Morgan fingerprint density at radius 1 is 1.35 bits per heavy atom. The molecule has 1 heterocycles. The molecule has 5 heteroatoms. The van der Waals surface area contributed by atoms with Gasteiger partial charge >= 0.3 is 11.9 Å². The van der Waals surface area contributed by atoms with Gasteiger partial charge in [0.1, 0.15) is 5.60 Å². The number of esters is 1. The maximum atomic E-state index is 11.8. The Balaban J connectivity index is 3.19. The Morgan fingerprint density at radius 2 is 1.94 bits per heavy atom. The minimum Gasteiger partial charge on any atom is -0.478 e. The molecule has 0 aromatic carbocycles. The summed E-state index contributed by atoms with van der Waals surface area (Å²) in [5.41, 5.74) is -0.472. The number of carboxylic acids is 1. The summed E-state index contributed by atoms with van der Waals surface area (Å²) < 4.78 is 5.10. The van der Waals surface area contributed by atoms with Crippen molar-refractivity contribution < 1.29 is 19.4 Å². The molecular formula is C12H15NO4. The van der Waals surface area contributed by atoms with E-state index in [2.05, 4.69) is 4.98 Å². The monoisotopic (exact) mass is 237 g/mol. The molecule has 17 heavy (non-hydrogen) atoms. The predicted octanol–water partition coefficient (Wildman–Crippen LogP) is 2.04. The molecule has 0 atom stereocenters. The number of pyridine rings is 1. The predicted molar refractivity (Wildman–Crippen MR) is 61.1 cm³/mol. The summed E-state index contributed by atoms with van der Waals surface area (Å²) >= 11 is 0. The Kier molecular flexibility index (Phi) is 3.50. The van der Waals surface area contributed by atoms with Gasteiger partial charge in [0.2, 0.25) is 0 Å². The van der Waals surface area contributed by atoms with Gasteiger partial charge in [-0.15, -0.1) is 0 Å². The van der Waals surface area contributed by atoms with Gasteiger partial charge in [0.25, 0.3) is 0 Å². The third-order valence-corrected chi connectivity index (χ3v) is 1.97. The first-order valence-electron chi connectivity index (χ1n) is 5.14. The number of aromatic nitrogens is 1. The summed E-state index contributed by atoms with van der Waals surface area (Å²) in [7, 11) is 0. The summed E-state index contributed by atoms with van der Waals surface area (Å²) in [6.07, 6.45) is 1.39. The topological polar surface area (TPSA) is 76.5 Å². The van der Waals surface area contributed by atoms with Crippen LogP contribution in [0.5, 0.6) is 0 Å². The second kappa shape index (κ2) is 4.53. The number of hydrogen-bond donors (Lipinski definition) is 1.